The minimum atomic E-state index is -0.113. The predicted molar refractivity (Wildman–Crippen MR) is 93.2 cm³/mol. The summed E-state index contributed by atoms with van der Waals surface area (Å²) in [5.41, 5.74) is 1.39. The SMILES string of the molecule is O=C(Nc1cnn(C2CCOCC2)c1)c1cccc2ccccc12. The lowest BCUT2D eigenvalue weighted by Gasteiger charge is -2.22. The number of fused-ring (bicyclic) bond motifs is 1. The number of nitrogens with one attached hydrogen (secondary N) is 1. The van der Waals surface area contributed by atoms with Crippen LogP contribution < -0.4 is 5.32 Å². The topological polar surface area (TPSA) is 56.2 Å². The number of ether oxygens (including phenoxy) is 1. The Morgan fingerprint density at radius 2 is 1.92 bits per heavy atom. The van der Waals surface area contributed by atoms with E-state index in [1.54, 1.807) is 6.20 Å². The zero-order valence-corrected chi connectivity index (χ0v) is 13.3. The Morgan fingerprint density at radius 1 is 1.12 bits per heavy atom. The number of amides is 1. The second kappa shape index (κ2) is 6.45. The summed E-state index contributed by atoms with van der Waals surface area (Å²) >= 11 is 0. The maximum absolute atomic E-state index is 12.6. The highest BCUT2D eigenvalue weighted by Crippen LogP contribution is 2.23. The van der Waals surface area contributed by atoms with Gasteiger partial charge in [-0.15, -0.1) is 0 Å². The van der Waals surface area contributed by atoms with Gasteiger partial charge in [-0.2, -0.15) is 5.10 Å². The fourth-order valence-corrected chi connectivity index (χ4v) is 3.17. The molecule has 1 aliphatic rings. The Labute approximate surface area is 140 Å². The largest absolute Gasteiger partial charge is 0.381 e. The maximum atomic E-state index is 12.6. The minimum absolute atomic E-state index is 0.113. The van der Waals surface area contributed by atoms with Crippen LogP contribution in [0.25, 0.3) is 10.8 Å². The number of hydrogen-bond donors (Lipinski definition) is 1. The lowest BCUT2D eigenvalue weighted by molar-refractivity contribution is 0.0662. The summed E-state index contributed by atoms with van der Waals surface area (Å²) in [5.74, 6) is -0.113. The molecular formula is C19H19N3O2. The molecule has 1 aliphatic heterocycles. The number of carbonyl (C=O) groups excluding carboxylic acids is 1. The summed E-state index contributed by atoms with van der Waals surface area (Å²) in [6.45, 7) is 1.53. The van der Waals surface area contributed by atoms with E-state index in [9.17, 15) is 4.79 Å². The van der Waals surface area contributed by atoms with Gasteiger partial charge >= 0.3 is 0 Å². The van der Waals surface area contributed by atoms with Crippen LogP contribution in [-0.2, 0) is 4.74 Å². The van der Waals surface area contributed by atoms with E-state index in [1.165, 1.54) is 0 Å². The molecule has 24 heavy (non-hydrogen) atoms. The molecule has 0 bridgehead atoms. The first-order valence-corrected chi connectivity index (χ1v) is 8.22. The number of aromatic nitrogens is 2. The van der Waals surface area contributed by atoms with E-state index in [-0.39, 0.29) is 5.91 Å². The molecule has 1 N–H and O–H groups in total. The Balaban J connectivity index is 1.54. The molecule has 0 spiro atoms. The van der Waals surface area contributed by atoms with Crippen molar-refractivity contribution in [1.29, 1.82) is 0 Å². The predicted octanol–water partition coefficient (Wildman–Crippen LogP) is 3.64. The number of anilines is 1. The van der Waals surface area contributed by atoms with Gasteiger partial charge in [0.15, 0.2) is 0 Å². The average Bonchev–Trinajstić information content (AvgIpc) is 3.10. The van der Waals surface area contributed by atoms with Crippen LogP contribution in [0.5, 0.6) is 0 Å². The Kier molecular flexibility index (Phi) is 4.01. The van der Waals surface area contributed by atoms with Crippen LogP contribution in [0, 0.1) is 0 Å². The van der Waals surface area contributed by atoms with Crippen molar-refractivity contribution < 1.29 is 9.53 Å². The molecule has 4 rings (SSSR count). The Hall–Kier alpha value is -2.66. The van der Waals surface area contributed by atoms with E-state index >= 15 is 0 Å². The summed E-state index contributed by atoms with van der Waals surface area (Å²) in [6, 6.07) is 14.0. The molecule has 3 aromatic rings. The lowest BCUT2D eigenvalue weighted by Crippen LogP contribution is -2.19. The number of hydrogen-bond acceptors (Lipinski definition) is 3. The fourth-order valence-electron chi connectivity index (χ4n) is 3.17. The van der Waals surface area contributed by atoms with Crippen LogP contribution in [-0.4, -0.2) is 28.9 Å². The number of carbonyl (C=O) groups is 1. The molecule has 1 aromatic heterocycles. The molecule has 5 nitrogen and oxygen atoms in total. The zero-order valence-electron chi connectivity index (χ0n) is 13.3. The molecule has 122 valence electrons. The van der Waals surface area contributed by atoms with Crippen molar-refractivity contribution in [3.05, 3.63) is 60.4 Å². The molecule has 0 unspecified atom stereocenters. The zero-order chi connectivity index (χ0) is 16.4. The van der Waals surface area contributed by atoms with Crippen LogP contribution in [0.2, 0.25) is 0 Å². The molecule has 0 atom stereocenters. The highest BCUT2D eigenvalue weighted by atomic mass is 16.5. The van der Waals surface area contributed by atoms with Gasteiger partial charge in [-0.05, 0) is 29.7 Å². The van der Waals surface area contributed by atoms with Crippen LogP contribution in [0.4, 0.5) is 5.69 Å². The molecule has 0 radical (unpaired) electrons. The van der Waals surface area contributed by atoms with Crippen molar-refractivity contribution in [2.24, 2.45) is 0 Å². The highest BCUT2D eigenvalue weighted by Gasteiger charge is 2.17. The van der Waals surface area contributed by atoms with E-state index in [0.29, 0.717) is 11.6 Å². The summed E-state index contributed by atoms with van der Waals surface area (Å²) in [5, 5.41) is 9.36. The molecule has 1 fully saturated rings. The van der Waals surface area contributed by atoms with E-state index in [1.807, 2.05) is 53.3 Å². The van der Waals surface area contributed by atoms with E-state index in [0.717, 1.165) is 42.5 Å². The number of benzene rings is 2. The summed E-state index contributed by atoms with van der Waals surface area (Å²) in [4.78, 5) is 12.6. The standard InChI is InChI=1S/C19H19N3O2/c23-19(18-7-3-5-14-4-1-2-6-17(14)18)21-15-12-20-22(13-15)16-8-10-24-11-9-16/h1-7,12-13,16H,8-11H2,(H,21,23). The van der Waals surface area contributed by atoms with Crippen molar-refractivity contribution in [3.63, 3.8) is 0 Å². The number of nitrogens with zero attached hydrogens (tertiary/aromatic N) is 2. The van der Waals surface area contributed by atoms with Gasteiger partial charge in [0.2, 0.25) is 0 Å². The van der Waals surface area contributed by atoms with Gasteiger partial charge in [-0.3, -0.25) is 9.48 Å². The normalized spacial score (nSPS) is 15.5. The summed E-state index contributed by atoms with van der Waals surface area (Å²) in [7, 11) is 0. The second-order valence-electron chi connectivity index (χ2n) is 6.03. The van der Waals surface area contributed by atoms with Gasteiger partial charge in [0.1, 0.15) is 0 Å². The Morgan fingerprint density at radius 3 is 2.79 bits per heavy atom. The maximum Gasteiger partial charge on any atom is 0.256 e. The molecule has 1 amide bonds. The van der Waals surface area contributed by atoms with Crippen molar-refractivity contribution >= 4 is 22.4 Å². The van der Waals surface area contributed by atoms with Gasteiger partial charge in [0, 0.05) is 25.0 Å². The lowest BCUT2D eigenvalue weighted by atomic mass is 10.0. The van der Waals surface area contributed by atoms with Crippen LogP contribution >= 0.6 is 0 Å². The molecule has 2 aromatic carbocycles. The van der Waals surface area contributed by atoms with E-state index in [4.69, 9.17) is 4.74 Å². The van der Waals surface area contributed by atoms with Gasteiger partial charge in [0.05, 0.1) is 17.9 Å². The van der Waals surface area contributed by atoms with Crippen LogP contribution in [0.15, 0.2) is 54.9 Å². The minimum Gasteiger partial charge on any atom is -0.381 e. The molecule has 2 heterocycles. The third-order valence-electron chi connectivity index (χ3n) is 4.46. The van der Waals surface area contributed by atoms with Gasteiger partial charge in [0.25, 0.3) is 5.91 Å². The highest BCUT2D eigenvalue weighted by molar-refractivity contribution is 6.12. The molecule has 1 saturated heterocycles. The third kappa shape index (κ3) is 2.90. The van der Waals surface area contributed by atoms with Crippen molar-refractivity contribution in [3.8, 4) is 0 Å². The van der Waals surface area contributed by atoms with Gasteiger partial charge < -0.3 is 10.1 Å². The molecular weight excluding hydrogens is 302 g/mol. The monoisotopic (exact) mass is 321 g/mol. The molecule has 0 aliphatic carbocycles. The quantitative estimate of drug-likeness (QED) is 0.801. The smallest absolute Gasteiger partial charge is 0.256 e. The second-order valence-corrected chi connectivity index (χ2v) is 6.03. The van der Waals surface area contributed by atoms with Crippen molar-refractivity contribution in [1.82, 2.24) is 9.78 Å². The van der Waals surface area contributed by atoms with Gasteiger partial charge in [-0.1, -0.05) is 36.4 Å². The first-order chi connectivity index (χ1) is 11.8. The average molecular weight is 321 g/mol. The fraction of sp³-hybridized carbons (Fsp3) is 0.263. The summed E-state index contributed by atoms with van der Waals surface area (Å²) in [6.07, 6.45) is 5.52. The third-order valence-corrected chi connectivity index (χ3v) is 4.46. The first kappa shape index (κ1) is 14.9. The van der Waals surface area contributed by atoms with Crippen molar-refractivity contribution in [2.75, 3.05) is 18.5 Å². The van der Waals surface area contributed by atoms with E-state index < -0.39 is 0 Å². The van der Waals surface area contributed by atoms with E-state index in [2.05, 4.69) is 10.4 Å². The molecule has 0 saturated carbocycles. The first-order valence-electron chi connectivity index (χ1n) is 8.22. The van der Waals surface area contributed by atoms with Crippen molar-refractivity contribution in [2.45, 2.75) is 18.9 Å². The molecule has 5 heteroatoms. The summed E-state index contributed by atoms with van der Waals surface area (Å²) < 4.78 is 7.31. The number of rotatable bonds is 3. The Bertz CT molecular complexity index is 860. The van der Waals surface area contributed by atoms with Crippen LogP contribution in [0.3, 0.4) is 0 Å². The van der Waals surface area contributed by atoms with Gasteiger partial charge in [-0.25, -0.2) is 0 Å². The van der Waals surface area contributed by atoms with Crippen LogP contribution in [0.1, 0.15) is 29.2 Å².